The fourth-order valence-corrected chi connectivity index (χ4v) is 3.05. The van der Waals surface area contributed by atoms with Crippen LogP contribution in [0.1, 0.15) is 12.5 Å². The van der Waals surface area contributed by atoms with Gasteiger partial charge in [0.05, 0.1) is 11.5 Å². The molecule has 130 valence electrons. The van der Waals surface area contributed by atoms with Gasteiger partial charge in [0.1, 0.15) is 0 Å². The van der Waals surface area contributed by atoms with Gasteiger partial charge in [-0.15, -0.1) is 10.2 Å². The van der Waals surface area contributed by atoms with Crippen LogP contribution in [0, 0.1) is 6.92 Å². The van der Waals surface area contributed by atoms with Crippen molar-refractivity contribution in [2.24, 2.45) is 0 Å². The van der Waals surface area contributed by atoms with E-state index in [2.05, 4.69) is 15.5 Å². The molecule has 3 rings (SSSR count). The third-order valence-corrected chi connectivity index (χ3v) is 4.81. The third kappa shape index (κ3) is 3.80. The first-order valence-corrected chi connectivity index (χ1v) is 8.69. The van der Waals surface area contributed by atoms with E-state index in [4.69, 9.17) is 21.9 Å². The molecule has 1 amide bonds. The quantitative estimate of drug-likeness (QED) is 0.522. The first kappa shape index (κ1) is 17.4. The molecule has 1 aromatic carbocycles. The summed E-state index contributed by atoms with van der Waals surface area (Å²) in [6.07, 6.45) is 1.53. The highest BCUT2D eigenvalue weighted by molar-refractivity contribution is 8.00. The first-order valence-electron chi connectivity index (χ1n) is 7.43. The molecule has 9 heteroatoms. The van der Waals surface area contributed by atoms with Gasteiger partial charge in [0.25, 0.3) is 0 Å². The molecule has 1 atom stereocenters. The van der Waals surface area contributed by atoms with Crippen LogP contribution in [0.15, 0.2) is 46.2 Å². The Morgan fingerprint density at radius 2 is 2.20 bits per heavy atom. The van der Waals surface area contributed by atoms with E-state index < -0.39 is 5.25 Å². The molecule has 0 unspecified atom stereocenters. The number of furan rings is 1. The van der Waals surface area contributed by atoms with Crippen LogP contribution in [0.2, 0.25) is 5.02 Å². The molecule has 0 saturated heterocycles. The molecule has 25 heavy (non-hydrogen) atoms. The van der Waals surface area contributed by atoms with Crippen molar-refractivity contribution >= 4 is 35.0 Å². The van der Waals surface area contributed by atoms with Crippen molar-refractivity contribution in [3.05, 3.63) is 47.2 Å². The minimum atomic E-state index is -0.436. The summed E-state index contributed by atoms with van der Waals surface area (Å²) >= 11 is 7.18. The van der Waals surface area contributed by atoms with Crippen LogP contribution in [0.3, 0.4) is 0 Å². The molecule has 0 aliphatic heterocycles. The lowest BCUT2D eigenvalue weighted by Crippen LogP contribution is -2.24. The van der Waals surface area contributed by atoms with E-state index in [1.165, 1.54) is 22.7 Å². The summed E-state index contributed by atoms with van der Waals surface area (Å²) in [5.41, 5.74) is 1.60. The minimum Gasteiger partial charge on any atom is -0.461 e. The number of aryl methyl sites for hydroxylation is 1. The van der Waals surface area contributed by atoms with Crippen LogP contribution in [0.4, 0.5) is 5.69 Å². The van der Waals surface area contributed by atoms with Crippen molar-refractivity contribution in [3.63, 3.8) is 0 Å². The van der Waals surface area contributed by atoms with Gasteiger partial charge < -0.3 is 15.6 Å². The average Bonchev–Trinajstić information content (AvgIpc) is 3.21. The summed E-state index contributed by atoms with van der Waals surface area (Å²) in [4.78, 5) is 12.4. The molecule has 0 radical (unpaired) electrons. The molecule has 3 N–H and O–H groups in total. The van der Waals surface area contributed by atoms with E-state index in [9.17, 15) is 4.79 Å². The molecule has 3 aromatic rings. The van der Waals surface area contributed by atoms with E-state index in [1.54, 1.807) is 31.2 Å². The molecule has 0 bridgehead atoms. The highest BCUT2D eigenvalue weighted by Gasteiger charge is 2.21. The first-order chi connectivity index (χ1) is 12.0. The van der Waals surface area contributed by atoms with Crippen molar-refractivity contribution in [3.8, 4) is 11.6 Å². The van der Waals surface area contributed by atoms with Gasteiger partial charge in [-0.3, -0.25) is 4.79 Å². The number of thioether (sulfide) groups is 1. The van der Waals surface area contributed by atoms with Crippen molar-refractivity contribution in [2.45, 2.75) is 24.3 Å². The van der Waals surface area contributed by atoms with Crippen molar-refractivity contribution in [1.29, 1.82) is 0 Å². The molecule has 2 aromatic heterocycles. The molecule has 7 nitrogen and oxygen atoms in total. The lowest BCUT2D eigenvalue weighted by Gasteiger charge is -2.13. The van der Waals surface area contributed by atoms with Crippen molar-refractivity contribution in [1.82, 2.24) is 14.9 Å². The van der Waals surface area contributed by atoms with E-state index in [1.807, 2.05) is 13.0 Å². The van der Waals surface area contributed by atoms with Gasteiger partial charge in [-0.1, -0.05) is 29.4 Å². The Balaban J connectivity index is 1.71. The minimum absolute atomic E-state index is 0.182. The fraction of sp³-hybridized carbons (Fsp3) is 0.188. The number of nitrogens with zero attached hydrogens (tertiary/aromatic N) is 3. The predicted molar refractivity (Wildman–Crippen MR) is 98.0 cm³/mol. The molecule has 2 heterocycles. The summed E-state index contributed by atoms with van der Waals surface area (Å²) in [6.45, 7) is 3.66. The zero-order valence-corrected chi connectivity index (χ0v) is 15.1. The van der Waals surface area contributed by atoms with E-state index in [0.717, 1.165) is 5.56 Å². The second-order valence-corrected chi connectivity index (χ2v) is 7.11. The van der Waals surface area contributed by atoms with Gasteiger partial charge in [0, 0.05) is 10.7 Å². The molecule has 0 aliphatic rings. The monoisotopic (exact) mass is 377 g/mol. The number of carbonyl (C=O) groups is 1. The summed E-state index contributed by atoms with van der Waals surface area (Å²) in [5.74, 6) is 6.72. The molecule has 0 spiro atoms. The standard InChI is InChI=1S/C16H16ClN5O2S/c1-9-5-6-11(17)8-12(9)19-15(23)10(2)25-16-21-20-14(22(16)18)13-4-3-7-24-13/h3-8,10H,18H2,1-2H3,(H,19,23)/t10-/m1/s1. The fourth-order valence-electron chi connectivity index (χ4n) is 2.11. The molecular weight excluding hydrogens is 362 g/mol. The number of nitrogens with two attached hydrogens (primary N) is 1. The smallest absolute Gasteiger partial charge is 0.237 e. The van der Waals surface area contributed by atoms with E-state index in [0.29, 0.717) is 27.5 Å². The number of nitrogens with one attached hydrogen (secondary N) is 1. The SMILES string of the molecule is Cc1ccc(Cl)cc1NC(=O)[C@@H](C)Sc1nnc(-c2ccco2)n1N. The number of hydrogen-bond donors (Lipinski definition) is 2. The zero-order chi connectivity index (χ0) is 18.0. The second-order valence-electron chi connectivity index (χ2n) is 5.36. The molecule has 0 saturated carbocycles. The highest BCUT2D eigenvalue weighted by Crippen LogP contribution is 2.26. The number of nitrogen functional groups attached to an aromatic ring is 1. The van der Waals surface area contributed by atoms with Gasteiger partial charge in [0.2, 0.25) is 16.9 Å². The van der Waals surface area contributed by atoms with E-state index in [-0.39, 0.29) is 5.91 Å². The Morgan fingerprint density at radius 1 is 1.40 bits per heavy atom. The summed E-state index contributed by atoms with van der Waals surface area (Å²) in [7, 11) is 0. The van der Waals surface area contributed by atoms with Gasteiger partial charge in [0.15, 0.2) is 5.76 Å². The molecule has 0 fully saturated rings. The van der Waals surface area contributed by atoms with Gasteiger partial charge in [-0.2, -0.15) is 0 Å². The molecular formula is C16H16ClN5O2S. The number of carbonyl (C=O) groups excluding carboxylic acids is 1. The summed E-state index contributed by atoms with van der Waals surface area (Å²) in [5, 5.41) is 11.4. The predicted octanol–water partition coefficient (Wildman–Crippen LogP) is 3.33. The Morgan fingerprint density at radius 3 is 2.92 bits per heavy atom. The maximum atomic E-state index is 12.4. The van der Waals surface area contributed by atoms with Gasteiger partial charge >= 0.3 is 0 Å². The topological polar surface area (TPSA) is 99.0 Å². The van der Waals surface area contributed by atoms with E-state index >= 15 is 0 Å². The lowest BCUT2D eigenvalue weighted by molar-refractivity contribution is -0.115. The Labute approximate surface area is 153 Å². The zero-order valence-electron chi connectivity index (χ0n) is 13.6. The average molecular weight is 378 g/mol. The molecule has 0 aliphatic carbocycles. The number of benzene rings is 1. The number of anilines is 1. The Hall–Kier alpha value is -2.45. The number of halogens is 1. The summed E-state index contributed by atoms with van der Waals surface area (Å²) < 4.78 is 6.57. The second kappa shape index (κ2) is 7.20. The largest absolute Gasteiger partial charge is 0.461 e. The number of hydrogen-bond acceptors (Lipinski definition) is 6. The van der Waals surface area contributed by atoms with Crippen LogP contribution >= 0.6 is 23.4 Å². The number of rotatable bonds is 5. The number of aromatic nitrogens is 3. The van der Waals surface area contributed by atoms with Crippen LogP contribution in [0.5, 0.6) is 0 Å². The van der Waals surface area contributed by atoms with Crippen LogP contribution in [-0.4, -0.2) is 26.0 Å². The van der Waals surface area contributed by atoms with Crippen LogP contribution in [0.25, 0.3) is 11.6 Å². The maximum Gasteiger partial charge on any atom is 0.237 e. The van der Waals surface area contributed by atoms with Gasteiger partial charge in [-0.25, -0.2) is 4.68 Å². The maximum absolute atomic E-state index is 12.4. The normalized spacial score (nSPS) is 12.1. The third-order valence-electron chi connectivity index (χ3n) is 3.51. The lowest BCUT2D eigenvalue weighted by atomic mass is 10.2. The Bertz CT molecular complexity index is 894. The van der Waals surface area contributed by atoms with Crippen molar-refractivity contribution < 1.29 is 9.21 Å². The van der Waals surface area contributed by atoms with Crippen molar-refractivity contribution in [2.75, 3.05) is 11.2 Å². The Kier molecular flexibility index (Phi) is 5.00. The van der Waals surface area contributed by atoms with Crippen LogP contribution in [-0.2, 0) is 4.79 Å². The highest BCUT2D eigenvalue weighted by atomic mass is 35.5. The van der Waals surface area contributed by atoms with Gasteiger partial charge in [-0.05, 0) is 43.7 Å². The number of amides is 1. The summed E-state index contributed by atoms with van der Waals surface area (Å²) in [6, 6.07) is 8.81. The van der Waals surface area contributed by atoms with Crippen LogP contribution < -0.4 is 11.2 Å².